The number of amides is 4. The van der Waals surface area contributed by atoms with E-state index in [2.05, 4.69) is 98.2 Å². The number of aromatic nitrogens is 6. The van der Waals surface area contributed by atoms with Crippen molar-refractivity contribution in [2.75, 3.05) is 23.0 Å². The Morgan fingerprint density at radius 1 is 0.831 bits per heavy atom. The van der Waals surface area contributed by atoms with Crippen LogP contribution in [0, 0.1) is 33.5 Å². The average molecular weight is 1050 g/mol. The Labute approximate surface area is 480 Å². The van der Waals surface area contributed by atoms with Crippen molar-refractivity contribution < 1.29 is 148 Å². The molecule has 8 rings (SSSR count). The van der Waals surface area contributed by atoms with Crippen molar-refractivity contribution in [3.05, 3.63) is 47.6 Å². The molecule has 0 saturated carbocycles. The minimum Gasteiger partial charge on any atom is -1.00 e. The van der Waals surface area contributed by atoms with Gasteiger partial charge in [0, 0.05) is 78.7 Å². The summed E-state index contributed by atoms with van der Waals surface area (Å²) < 4.78 is 14.7. The molecule has 4 aliphatic rings. The SMILES string of the molecule is CC(C)(C)Cn1c(CBr)cc2cnc(C#N)nc21.CC(C)(C)Cn1c(CN2C(=O)OC3(CCSCC3)C2=O)cc2cnc(C#N)nc21.O=C1NC(=O)C2(CCSCC2)O1.O=CO[O-].[H-].[K+].[K+]. The van der Waals surface area contributed by atoms with Gasteiger partial charge in [-0.2, -0.15) is 34.0 Å². The van der Waals surface area contributed by atoms with Crippen LogP contribution in [0.3, 0.4) is 0 Å². The summed E-state index contributed by atoms with van der Waals surface area (Å²) in [4.78, 5) is 76.9. The summed E-state index contributed by atoms with van der Waals surface area (Å²) >= 11 is 7.05. The molecule has 19 nitrogen and oxygen atoms in total. The zero-order valence-corrected chi connectivity index (χ0v) is 47.2. The predicted molar refractivity (Wildman–Crippen MR) is 235 cm³/mol. The van der Waals surface area contributed by atoms with Crippen molar-refractivity contribution in [2.24, 2.45) is 10.8 Å². The van der Waals surface area contributed by atoms with Gasteiger partial charge in [0.25, 0.3) is 18.3 Å². The maximum atomic E-state index is 13.1. The van der Waals surface area contributed by atoms with Crippen molar-refractivity contribution >= 4 is 92.0 Å². The molecule has 65 heavy (non-hydrogen) atoms. The number of nitriles is 2. The molecule has 4 aromatic heterocycles. The zero-order chi connectivity index (χ0) is 46.2. The molecular weight excluding hydrogens is 999 g/mol. The van der Waals surface area contributed by atoms with Gasteiger partial charge in [0.2, 0.25) is 11.6 Å². The Morgan fingerprint density at radius 2 is 1.28 bits per heavy atom. The van der Waals surface area contributed by atoms with Gasteiger partial charge in [-0.05, 0) is 46.0 Å². The van der Waals surface area contributed by atoms with Crippen molar-refractivity contribution in [2.45, 2.75) is 103 Å². The zero-order valence-electron chi connectivity index (χ0n) is 38.8. The number of thioether (sulfide) groups is 2. The third-order valence-electron chi connectivity index (χ3n) is 10.1. The van der Waals surface area contributed by atoms with Crippen molar-refractivity contribution in [1.82, 2.24) is 39.3 Å². The monoisotopic (exact) mass is 1050 g/mol. The quantitative estimate of drug-likeness (QED) is 0.0832. The van der Waals surface area contributed by atoms with Crippen molar-refractivity contribution in [3.63, 3.8) is 0 Å². The molecule has 0 radical (unpaired) electrons. The number of alkyl halides is 1. The second kappa shape index (κ2) is 25.0. The topological polar surface area (TPSA) is 260 Å². The van der Waals surface area contributed by atoms with Crippen LogP contribution < -0.4 is 113 Å². The van der Waals surface area contributed by atoms with Gasteiger partial charge < -0.3 is 30.2 Å². The van der Waals surface area contributed by atoms with Gasteiger partial charge in [-0.25, -0.2) is 34.4 Å². The van der Waals surface area contributed by atoms with Gasteiger partial charge in [0.1, 0.15) is 23.4 Å². The van der Waals surface area contributed by atoms with Gasteiger partial charge in [-0.1, -0.05) is 57.5 Å². The Balaban J connectivity index is 0.000000346. The molecule has 4 amide bonds. The molecule has 2 spiro atoms. The number of nitrogens with zero attached hydrogens (tertiary/aromatic N) is 9. The fourth-order valence-electron chi connectivity index (χ4n) is 7.23. The Hall–Kier alpha value is -2.02. The van der Waals surface area contributed by atoms with Crippen LogP contribution in [0.4, 0.5) is 9.59 Å². The summed E-state index contributed by atoms with van der Waals surface area (Å²) in [6, 6.07) is 7.90. The number of alkyl carbamates (subject to hydrolysis) is 1. The van der Waals surface area contributed by atoms with E-state index in [1.165, 1.54) is 4.90 Å². The first-order chi connectivity index (χ1) is 29.8. The molecule has 4 fully saturated rings. The first kappa shape index (κ1) is 57.3. The summed E-state index contributed by atoms with van der Waals surface area (Å²) in [7, 11) is 0. The number of carbonyl (C=O) groups excluding carboxylic acids is 5. The van der Waals surface area contributed by atoms with Gasteiger partial charge in [0.15, 0.2) is 11.2 Å². The molecule has 4 aliphatic heterocycles. The van der Waals surface area contributed by atoms with Crippen molar-refractivity contribution in [1.29, 1.82) is 10.5 Å². The van der Waals surface area contributed by atoms with E-state index in [4.69, 9.17) is 30.0 Å². The van der Waals surface area contributed by atoms with Gasteiger partial charge in [-0.3, -0.25) is 19.7 Å². The third-order valence-corrected chi connectivity index (χ3v) is 12.6. The summed E-state index contributed by atoms with van der Waals surface area (Å²) in [5, 5.41) is 31.2. The number of rotatable bonds is 6. The van der Waals surface area contributed by atoms with E-state index in [9.17, 15) is 19.2 Å². The molecular formula is C41H49BrK2N10O9S2. The number of hydrogen-bond acceptors (Lipinski definition) is 17. The van der Waals surface area contributed by atoms with Crippen LogP contribution in [0.2, 0.25) is 0 Å². The van der Waals surface area contributed by atoms with Gasteiger partial charge in [-0.15, -0.1) is 0 Å². The van der Waals surface area contributed by atoms with Crippen molar-refractivity contribution in [3.8, 4) is 12.1 Å². The number of fused-ring (bicyclic) bond motifs is 2. The summed E-state index contributed by atoms with van der Waals surface area (Å²) in [5.41, 5.74) is 1.66. The van der Waals surface area contributed by atoms with E-state index in [1.54, 1.807) is 35.9 Å². The van der Waals surface area contributed by atoms with E-state index < -0.39 is 23.4 Å². The first-order valence-corrected chi connectivity index (χ1v) is 23.3. The maximum Gasteiger partial charge on any atom is 1.00 e. The molecule has 0 aliphatic carbocycles. The van der Waals surface area contributed by atoms with Crippen LogP contribution in [0.1, 0.15) is 91.7 Å². The fraction of sp³-hybridized carbons (Fsp3) is 0.537. The molecule has 0 bridgehead atoms. The minimum atomic E-state index is -1.00. The Morgan fingerprint density at radius 3 is 1.68 bits per heavy atom. The van der Waals surface area contributed by atoms with Crippen LogP contribution in [-0.2, 0) is 53.7 Å². The van der Waals surface area contributed by atoms with Gasteiger partial charge in [0.05, 0.1) is 6.54 Å². The van der Waals surface area contributed by atoms with E-state index in [0.29, 0.717) is 37.9 Å². The third kappa shape index (κ3) is 14.7. The molecule has 4 saturated heterocycles. The standard InChI is InChI=1S/C20H23N5O3S.C13H15BrN4.C7H9NO3S.CH2O3.2K.H/c1-19(2,3)12-25-14(8-13-10-22-15(9-21)23-16(13)25)11-24-17(26)20(28-18(24)27)4-6-29-7-5-20;1-13(2,3)8-18-10(5-14)4-9-7-16-11(6-15)17-12(9)18;9-5-7(11-6(10)8-5)1-3-12-4-2-7;2-1-4-3;;;/h8,10H,4-7,11-12H2,1-3H3;4,7H,5,8H2,1-3H3;1-4H2,(H,8,9,10);1,3H;;;/q;;;;2*+1;-1/p-1. The Kier molecular flexibility index (Phi) is 22.1. The molecule has 24 heteroatoms. The molecule has 0 atom stereocenters. The summed E-state index contributed by atoms with van der Waals surface area (Å²) in [6.45, 7) is 14.2. The smallest absolute Gasteiger partial charge is 1.00 e. The minimum absolute atomic E-state index is 0. The fourth-order valence-corrected chi connectivity index (χ4v) is 10.0. The number of hydrogen-bond donors (Lipinski definition) is 1. The van der Waals surface area contributed by atoms with E-state index in [0.717, 1.165) is 62.7 Å². The second-order valence-corrected chi connectivity index (χ2v) is 20.4. The number of halogens is 1. The van der Waals surface area contributed by atoms with Crippen LogP contribution in [-0.4, -0.2) is 98.7 Å². The second-order valence-electron chi connectivity index (χ2n) is 17.4. The number of nitrogens with one attached hydrogen (secondary N) is 1. The Bertz CT molecular complexity index is 2460. The van der Waals surface area contributed by atoms with Crippen LogP contribution in [0.15, 0.2) is 24.5 Å². The normalized spacial score (nSPS) is 17.0. The maximum absolute atomic E-state index is 13.1. The average Bonchev–Trinajstić information content (AvgIpc) is 3.92. The molecule has 338 valence electrons. The van der Waals surface area contributed by atoms with E-state index in [1.807, 2.05) is 22.8 Å². The van der Waals surface area contributed by atoms with Crippen LogP contribution in [0.5, 0.6) is 0 Å². The number of ether oxygens (including phenoxy) is 2. The molecule has 1 N–H and O–H groups in total. The molecule has 8 heterocycles. The summed E-state index contributed by atoms with van der Waals surface area (Å²) in [6.07, 6.45) is 4.55. The van der Waals surface area contributed by atoms with E-state index in [-0.39, 0.29) is 152 Å². The number of imide groups is 2. The molecule has 4 aromatic rings. The number of carbonyl (C=O) groups is 5. The van der Waals surface area contributed by atoms with E-state index >= 15 is 0 Å². The molecule has 0 aromatic carbocycles. The summed E-state index contributed by atoms with van der Waals surface area (Å²) in [5.74, 6) is 3.20. The predicted octanol–water partition coefficient (Wildman–Crippen LogP) is -0.589. The first-order valence-electron chi connectivity index (χ1n) is 19.8. The van der Waals surface area contributed by atoms with Crippen LogP contribution >= 0.6 is 39.5 Å². The van der Waals surface area contributed by atoms with Gasteiger partial charge >= 0.3 is 115 Å². The van der Waals surface area contributed by atoms with Crippen LogP contribution in [0.25, 0.3) is 22.1 Å². The molecule has 0 unspecified atom stereocenters. The largest absolute Gasteiger partial charge is 1.00 e.